The lowest BCUT2D eigenvalue weighted by Crippen LogP contribution is -2.22. The summed E-state index contributed by atoms with van der Waals surface area (Å²) in [7, 11) is 1.59. The average molecular weight is 350 g/mol. The van der Waals surface area contributed by atoms with E-state index in [-0.39, 0.29) is 11.2 Å². The Morgan fingerprint density at radius 1 is 1.52 bits per heavy atom. The predicted octanol–water partition coefficient (Wildman–Crippen LogP) is 3.26. The van der Waals surface area contributed by atoms with Gasteiger partial charge >= 0.3 is 0 Å². The van der Waals surface area contributed by atoms with E-state index in [2.05, 4.69) is 27.4 Å². The number of aromatic nitrogens is 2. The number of anilines is 2. The largest absolute Gasteiger partial charge is 0.497 e. The number of thioether (sulfide) groups is 1. The van der Waals surface area contributed by atoms with Gasteiger partial charge in [0.15, 0.2) is 4.34 Å². The number of nitrogens with zero attached hydrogens (tertiary/aromatic N) is 2. The van der Waals surface area contributed by atoms with Crippen molar-refractivity contribution in [3.63, 3.8) is 0 Å². The molecule has 122 valence electrons. The Balaban J connectivity index is 1.91. The Morgan fingerprint density at radius 2 is 2.35 bits per heavy atom. The van der Waals surface area contributed by atoms with Gasteiger partial charge in [-0.15, -0.1) is 16.8 Å². The third-order valence-corrected chi connectivity index (χ3v) is 4.85. The highest BCUT2D eigenvalue weighted by Crippen LogP contribution is 2.29. The first-order valence-electron chi connectivity index (χ1n) is 6.92. The molecule has 2 aromatic rings. The van der Waals surface area contributed by atoms with Crippen LogP contribution >= 0.6 is 23.1 Å². The van der Waals surface area contributed by atoms with Crippen molar-refractivity contribution in [3.8, 4) is 5.75 Å². The molecule has 0 bridgehead atoms. The van der Waals surface area contributed by atoms with Crippen LogP contribution in [0.3, 0.4) is 0 Å². The number of hydrogen-bond acceptors (Lipinski definition) is 7. The maximum absolute atomic E-state index is 12.3. The van der Waals surface area contributed by atoms with E-state index in [4.69, 9.17) is 4.74 Å². The van der Waals surface area contributed by atoms with Crippen LogP contribution in [-0.4, -0.2) is 35.0 Å². The molecule has 0 unspecified atom stereocenters. The molecule has 1 aromatic carbocycles. The Labute approximate surface area is 143 Å². The van der Waals surface area contributed by atoms with Gasteiger partial charge in [-0.25, -0.2) is 0 Å². The van der Waals surface area contributed by atoms with Crippen molar-refractivity contribution in [3.05, 3.63) is 36.9 Å². The maximum atomic E-state index is 12.3. The van der Waals surface area contributed by atoms with Crippen LogP contribution in [0, 0.1) is 0 Å². The Bertz CT molecular complexity index is 675. The fourth-order valence-electron chi connectivity index (χ4n) is 1.64. The molecule has 0 saturated carbocycles. The number of ether oxygens (including phenoxy) is 1. The van der Waals surface area contributed by atoms with Crippen LogP contribution in [-0.2, 0) is 4.79 Å². The Kier molecular flexibility index (Phi) is 6.42. The third-order valence-electron chi connectivity index (χ3n) is 2.79. The van der Waals surface area contributed by atoms with Gasteiger partial charge in [0, 0.05) is 18.3 Å². The molecule has 0 spiro atoms. The second-order valence-corrected chi connectivity index (χ2v) is 7.09. The molecule has 23 heavy (non-hydrogen) atoms. The van der Waals surface area contributed by atoms with Gasteiger partial charge in [0.1, 0.15) is 5.75 Å². The highest BCUT2D eigenvalue weighted by Gasteiger charge is 2.17. The Hall–Kier alpha value is -2.06. The molecule has 1 aromatic heterocycles. The topological polar surface area (TPSA) is 76.1 Å². The van der Waals surface area contributed by atoms with Gasteiger partial charge < -0.3 is 15.4 Å². The first kappa shape index (κ1) is 17.3. The molecule has 6 nitrogen and oxygen atoms in total. The molecule has 0 radical (unpaired) electrons. The van der Waals surface area contributed by atoms with Gasteiger partial charge in [-0.05, 0) is 19.1 Å². The first-order valence-corrected chi connectivity index (χ1v) is 8.62. The molecule has 2 N–H and O–H groups in total. The minimum atomic E-state index is -0.290. The van der Waals surface area contributed by atoms with Crippen molar-refractivity contribution in [2.45, 2.75) is 16.5 Å². The zero-order valence-corrected chi connectivity index (χ0v) is 14.5. The van der Waals surface area contributed by atoms with E-state index in [1.165, 1.54) is 23.1 Å². The summed E-state index contributed by atoms with van der Waals surface area (Å²) in [5.41, 5.74) is 0.701. The standard InChI is InChI=1S/C15H18N4O2S2/c1-4-8-16-14-18-19-15(23-14)22-10(2)13(20)17-11-6-5-7-12(9-11)21-3/h4-7,9-10H,1,8H2,2-3H3,(H,16,18)(H,17,20)/t10-/m1/s1. The first-order chi connectivity index (χ1) is 11.1. The predicted molar refractivity (Wildman–Crippen MR) is 95.5 cm³/mol. The third kappa shape index (κ3) is 5.26. The van der Waals surface area contributed by atoms with Crippen molar-refractivity contribution in [2.75, 3.05) is 24.3 Å². The lowest BCUT2D eigenvalue weighted by Gasteiger charge is -2.11. The van der Waals surface area contributed by atoms with Crippen molar-refractivity contribution in [1.82, 2.24) is 10.2 Å². The summed E-state index contributed by atoms with van der Waals surface area (Å²) < 4.78 is 5.88. The SMILES string of the molecule is C=CCNc1nnc(S[C@H](C)C(=O)Nc2cccc(OC)c2)s1. The molecular weight excluding hydrogens is 332 g/mol. The van der Waals surface area contributed by atoms with Crippen LogP contribution in [0.2, 0.25) is 0 Å². The average Bonchev–Trinajstić information content (AvgIpc) is 3.00. The summed E-state index contributed by atoms with van der Waals surface area (Å²) >= 11 is 2.78. The molecule has 0 aliphatic rings. The summed E-state index contributed by atoms with van der Waals surface area (Å²) in [6.45, 7) is 6.10. The van der Waals surface area contributed by atoms with Crippen LogP contribution in [0.4, 0.5) is 10.8 Å². The van der Waals surface area contributed by atoms with Crippen molar-refractivity contribution < 1.29 is 9.53 Å². The van der Waals surface area contributed by atoms with Gasteiger partial charge in [-0.1, -0.05) is 35.2 Å². The smallest absolute Gasteiger partial charge is 0.237 e. The molecule has 1 heterocycles. The van der Waals surface area contributed by atoms with E-state index in [0.717, 1.165) is 4.34 Å². The molecule has 1 atom stereocenters. The molecule has 0 fully saturated rings. The molecular formula is C15H18N4O2S2. The number of methoxy groups -OCH3 is 1. The van der Waals surface area contributed by atoms with Crippen molar-refractivity contribution in [1.29, 1.82) is 0 Å². The second kappa shape index (κ2) is 8.54. The van der Waals surface area contributed by atoms with Gasteiger partial charge in [-0.3, -0.25) is 4.79 Å². The molecule has 0 aliphatic heterocycles. The number of benzene rings is 1. The van der Waals surface area contributed by atoms with E-state index in [1.54, 1.807) is 19.3 Å². The van der Waals surface area contributed by atoms with Crippen LogP contribution in [0.1, 0.15) is 6.92 Å². The molecule has 1 amide bonds. The zero-order chi connectivity index (χ0) is 16.7. The molecule has 2 rings (SSSR count). The molecule has 0 saturated heterocycles. The quantitative estimate of drug-likeness (QED) is 0.562. The van der Waals surface area contributed by atoms with E-state index in [9.17, 15) is 4.79 Å². The van der Waals surface area contributed by atoms with E-state index < -0.39 is 0 Å². The van der Waals surface area contributed by atoms with Crippen molar-refractivity contribution >= 4 is 39.8 Å². The Morgan fingerprint density at radius 3 is 3.09 bits per heavy atom. The highest BCUT2D eigenvalue weighted by atomic mass is 32.2. The zero-order valence-electron chi connectivity index (χ0n) is 12.9. The van der Waals surface area contributed by atoms with E-state index in [1.807, 2.05) is 25.1 Å². The number of rotatable bonds is 8. The van der Waals surface area contributed by atoms with Gasteiger partial charge in [0.2, 0.25) is 11.0 Å². The lowest BCUT2D eigenvalue weighted by molar-refractivity contribution is -0.115. The maximum Gasteiger partial charge on any atom is 0.237 e. The lowest BCUT2D eigenvalue weighted by atomic mass is 10.3. The molecule has 0 aliphatic carbocycles. The number of nitrogens with one attached hydrogen (secondary N) is 2. The number of carbonyl (C=O) groups excluding carboxylic acids is 1. The second-order valence-electron chi connectivity index (χ2n) is 4.52. The van der Waals surface area contributed by atoms with Crippen LogP contribution in [0.15, 0.2) is 41.3 Å². The summed E-state index contributed by atoms with van der Waals surface area (Å²) in [6, 6.07) is 7.25. The van der Waals surface area contributed by atoms with Crippen LogP contribution < -0.4 is 15.4 Å². The van der Waals surface area contributed by atoms with Crippen LogP contribution in [0.5, 0.6) is 5.75 Å². The summed E-state index contributed by atoms with van der Waals surface area (Å²) in [5.74, 6) is 0.601. The number of amides is 1. The summed E-state index contributed by atoms with van der Waals surface area (Å²) in [5, 5.41) is 14.4. The molecule has 8 heteroatoms. The number of hydrogen-bond donors (Lipinski definition) is 2. The van der Waals surface area contributed by atoms with Crippen molar-refractivity contribution in [2.24, 2.45) is 0 Å². The van der Waals surface area contributed by atoms with E-state index in [0.29, 0.717) is 23.1 Å². The minimum absolute atomic E-state index is 0.0981. The van der Waals surface area contributed by atoms with Gasteiger partial charge in [-0.2, -0.15) is 0 Å². The van der Waals surface area contributed by atoms with Gasteiger partial charge in [0.05, 0.1) is 12.4 Å². The van der Waals surface area contributed by atoms with Crippen LogP contribution in [0.25, 0.3) is 0 Å². The monoisotopic (exact) mass is 350 g/mol. The number of carbonyl (C=O) groups is 1. The minimum Gasteiger partial charge on any atom is -0.497 e. The van der Waals surface area contributed by atoms with E-state index >= 15 is 0 Å². The highest BCUT2D eigenvalue weighted by molar-refractivity contribution is 8.02. The summed E-state index contributed by atoms with van der Waals surface area (Å²) in [6.07, 6.45) is 1.75. The van der Waals surface area contributed by atoms with Gasteiger partial charge in [0.25, 0.3) is 0 Å². The fourth-order valence-corrected chi connectivity index (χ4v) is 3.54. The summed E-state index contributed by atoms with van der Waals surface area (Å²) in [4.78, 5) is 12.3. The normalized spacial score (nSPS) is 11.6. The fraction of sp³-hybridized carbons (Fsp3) is 0.267.